The van der Waals surface area contributed by atoms with Gasteiger partial charge in [-0.25, -0.2) is 13.1 Å². The van der Waals surface area contributed by atoms with E-state index in [2.05, 4.69) is 18.6 Å². The highest BCUT2D eigenvalue weighted by Gasteiger charge is 2.30. The van der Waals surface area contributed by atoms with Crippen molar-refractivity contribution in [3.63, 3.8) is 0 Å². The molecule has 2 rings (SSSR count). The minimum Gasteiger partial charge on any atom is -0.398 e. The van der Waals surface area contributed by atoms with E-state index in [0.717, 1.165) is 25.7 Å². The average molecular weight is 296 g/mol. The third-order valence-corrected chi connectivity index (χ3v) is 5.91. The summed E-state index contributed by atoms with van der Waals surface area (Å²) in [4.78, 5) is 0.227. The number of benzene rings is 1. The molecule has 0 aromatic heterocycles. The molecule has 0 atom stereocenters. The topological polar surface area (TPSA) is 72.2 Å². The van der Waals surface area contributed by atoms with Gasteiger partial charge < -0.3 is 5.73 Å². The van der Waals surface area contributed by atoms with Gasteiger partial charge in [-0.3, -0.25) is 0 Å². The predicted octanol–water partition coefficient (Wildman–Crippen LogP) is 2.82. The first kappa shape index (κ1) is 15.3. The molecule has 1 aliphatic rings. The molecule has 0 saturated heterocycles. The Kier molecular flexibility index (Phi) is 4.12. The highest BCUT2D eigenvalue weighted by molar-refractivity contribution is 7.89. The number of nitrogens with two attached hydrogens (primary N) is 1. The van der Waals surface area contributed by atoms with Crippen LogP contribution in [-0.4, -0.2) is 14.5 Å². The van der Waals surface area contributed by atoms with Crippen molar-refractivity contribution < 1.29 is 8.42 Å². The molecular weight excluding hydrogens is 272 g/mol. The Bertz CT molecular complexity index is 564. The van der Waals surface area contributed by atoms with E-state index in [1.165, 1.54) is 0 Å². The quantitative estimate of drug-likeness (QED) is 0.842. The van der Waals surface area contributed by atoms with E-state index >= 15 is 0 Å². The molecule has 20 heavy (non-hydrogen) atoms. The molecule has 1 aliphatic carbocycles. The Labute approximate surface area is 121 Å². The van der Waals surface area contributed by atoms with Crippen molar-refractivity contribution in [1.82, 2.24) is 4.72 Å². The van der Waals surface area contributed by atoms with Gasteiger partial charge in [0.1, 0.15) is 4.90 Å². The lowest BCUT2D eigenvalue weighted by molar-refractivity contribution is 0.218. The van der Waals surface area contributed by atoms with Gasteiger partial charge in [0.05, 0.1) is 5.69 Å². The van der Waals surface area contributed by atoms with E-state index < -0.39 is 10.0 Å². The monoisotopic (exact) mass is 296 g/mol. The van der Waals surface area contributed by atoms with Crippen LogP contribution in [-0.2, 0) is 10.0 Å². The lowest BCUT2D eigenvalue weighted by Gasteiger charge is -2.34. The number of sulfonamides is 1. The van der Waals surface area contributed by atoms with Gasteiger partial charge in [0, 0.05) is 6.04 Å². The Morgan fingerprint density at radius 2 is 1.85 bits per heavy atom. The van der Waals surface area contributed by atoms with Crippen molar-refractivity contribution >= 4 is 15.7 Å². The van der Waals surface area contributed by atoms with Gasteiger partial charge in [0.25, 0.3) is 0 Å². The van der Waals surface area contributed by atoms with Crippen LogP contribution < -0.4 is 10.5 Å². The zero-order valence-corrected chi connectivity index (χ0v) is 13.3. The van der Waals surface area contributed by atoms with Gasteiger partial charge in [-0.1, -0.05) is 26.0 Å². The molecule has 1 aromatic carbocycles. The fraction of sp³-hybridized carbons (Fsp3) is 0.600. The summed E-state index contributed by atoms with van der Waals surface area (Å²) < 4.78 is 27.8. The molecule has 0 radical (unpaired) electrons. The van der Waals surface area contributed by atoms with Gasteiger partial charge >= 0.3 is 0 Å². The third-order valence-electron chi connectivity index (χ3n) is 4.17. The van der Waals surface area contributed by atoms with Gasteiger partial charge in [0.2, 0.25) is 10.0 Å². The van der Waals surface area contributed by atoms with Crippen LogP contribution in [0.25, 0.3) is 0 Å². The maximum Gasteiger partial charge on any atom is 0.243 e. The molecule has 112 valence electrons. The molecule has 3 N–H and O–H groups in total. The van der Waals surface area contributed by atoms with Gasteiger partial charge in [-0.05, 0) is 49.7 Å². The average Bonchev–Trinajstić information content (AvgIpc) is 2.31. The van der Waals surface area contributed by atoms with Crippen molar-refractivity contribution in [2.45, 2.75) is 57.4 Å². The normalized spacial score (nSPS) is 19.9. The van der Waals surface area contributed by atoms with Crippen LogP contribution in [0.3, 0.4) is 0 Å². The van der Waals surface area contributed by atoms with Gasteiger partial charge in [-0.2, -0.15) is 0 Å². The number of nitrogen functional groups attached to an aromatic ring is 1. The molecule has 0 amide bonds. The number of anilines is 1. The second-order valence-corrected chi connectivity index (χ2v) is 8.20. The van der Waals surface area contributed by atoms with Crippen molar-refractivity contribution in [1.29, 1.82) is 0 Å². The summed E-state index contributed by atoms with van der Waals surface area (Å²) >= 11 is 0. The zero-order chi connectivity index (χ0) is 15.0. The van der Waals surface area contributed by atoms with E-state index in [1.807, 2.05) is 0 Å². The fourth-order valence-corrected chi connectivity index (χ4v) is 4.50. The van der Waals surface area contributed by atoms with E-state index in [1.54, 1.807) is 25.1 Å². The molecule has 1 saturated carbocycles. The van der Waals surface area contributed by atoms with E-state index in [-0.39, 0.29) is 10.9 Å². The molecule has 5 heteroatoms. The van der Waals surface area contributed by atoms with E-state index in [0.29, 0.717) is 16.7 Å². The molecule has 0 bridgehead atoms. The Morgan fingerprint density at radius 1 is 1.25 bits per heavy atom. The molecular formula is C15H24N2O2S. The molecule has 4 nitrogen and oxygen atoms in total. The third kappa shape index (κ3) is 3.33. The smallest absolute Gasteiger partial charge is 0.243 e. The number of hydrogen-bond donors (Lipinski definition) is 2. The van der Waals surface area contributed by atoms with E-state index in [4.69, 9.17) is 5.73 Å². The minimum absolute atomic E-state index is 0.0204. The number of aryl methyl sites for hydroxylation is 1. The maximum atomic E-state index is 12.5. The fourth-order valence-electron chi connectivity index (χ4n) is 2.84. The molecule has 0 aliphatic heterocycles. The van der Waals surface area contributed by atoms with Gasteiger partial charge in [-0.15, -0.1) is 0 Å². The van der Waals surface area contributed by atoms with Crippen LogP contribution in [0, 0.1) is 12.3 Å². The van der Waals surface area contributed by atoms with Crippen molar-refractivity contribution in [2.75, 3.05) is 5.73 Å². The maximum absolute atomic E-state index is 12.5. The largest absolute Gasteiger partial charge is 0.398 e. The van der Waals surface area contributed by atoms with Crippen LogP contribution >= 0.6 is 0 Å². The Morgan fingerprint density at radius 3 is 2.40 bits per heavy atom. The van der Waals surface area contributed by atoms with Crippen molar-refractivity contribution in [2.24, 2.45) is 5.41 Å². The lowest BCUT2D eigenvalue weighted by atomic mass is 9.76. The van der Waals surface area contributed by atoms with Crippen molar-refractivity contribution in [3.05, 3.63) is 23.8 Å². The second-order valence-electron chi connectivity index (χ2n) is 6.55. The standard InChI is InChI=1S/C15H24N2O2S/c1-11-5-4-6-13(16)14(11)20(18,19)17-12-7-9-15(2,3)10-8-12/h4-6,12,17H,7-10,16H2,1-3H3. The Balaban J connectivity index is 2.17. The van der Waals surface area contributed by atoms with Crippen molar-refractivity contribution in [3.8, 4) is 0 Å². The molecule has 0 heterocycles. The number of rotatable bonds is 3. The highest BCUT2D eigenvalue weighted by Crippen LogP contribution is 2.35. The second kappa shape index (κ2) is 5.37. The van der Waals surface area contributed by atoms with E-state index in [9.17, 15) is 8.42 Å². The van der Waals surface area contributed by atoms with Crippen LogP contribution in [0.4, 0.5) is 5.69 Å². The summed E-state index contributed by atoms with van der Waals surface area (Å²) in [7, 11) is -3.53. The SMILES string of the molecule is Cc1cccc(N)c1S(=O)(=O)NC1CCC(C)(C)CC1. The van der Waals surface area contributed by atoms with Crippen LogP contribution in [0.5, 0.6) is 0 Å². The number of nitrogens with one attached hydrogen (secondary N) is 1. The summed E-state index contributed by atoms with van der Waals surface area (Å²) in [6.45, 7) is 6.24. The summed E-state index contributed by atoms with van der Waals surface area (Å²) in [5, 5.41) is 0. The summed E-state index contributed by atoms with van der Waals surface area (Å²) in [5.74, 6) is 0. The minimum atomic E-state index is -3.53. The lowest BCUT2D eigenvalue weighted by Crippen LogP contribution is -2.39. The summed E-state index contributed by atoms with van der Waals surface area (Å²) in [5.41, 5.74) is 7.16. The first-order valence-electron chi connectivity index (χ1n) is 7.09. The summed E-state index contributed by atoms with van der Waals surface area (Å²) in [6, 6.07) is 5.19. The van der Waals surface area contributed by atoms with Gasteiger partial charge in [0.15, 0.2) is 0 Å². The molecule has 1 fully saturated rings. The summed E-state index contributed by atoms with van der Waals surface area (Å²) in [6.07, 6.45) is 3.86. The van der Waals surface area contributed by atoms with Crippen LogP contribution in [0.15, 0.2) is 23.1 Å². The Hall–Kier alpha value is -1.07. The highest BCUT2D eigenvalue weighted by atomic mass is 32.2. The first-order valence-corrected chi connectivity index (χ1v) is 8.57. The predicted molar refractivity (Wildman–Crippen MR) is 81.9 cm³/mol. The molecule has 0 unspecified atom stereocenters. The van der Waals surface area contributed by atoms with Crippen LogP contribution in [0.2, 0.25) is 0 Å². The molecule has 0 spiro atoms. The zero-order valence-electron chi connectivity index (χ0n) is 12.4. The first-order chi connectivity index (χ1) is 9.21. The van der Waals surface area contributed by atoms with Crippen LogP contribution in [0.1, 0.15) is 45.1 Å². The number of hydrogen-bond acceptors (Lipinski definition) is 3. The molecule has 1 aromatic rings.